The van der Waals surface area contributed by atoms with E-state index < -0.39 is 0 Å². The Kier molecular flexibility index (Phi) is 5.11. The highest BCUT2D eigenvalue weighted by Gasteiger charge is 2.27. The Morgan fingerprint density at radius 3 is 2.96 bits per heavy atom. The number of carbonyl (C=O) groups is 1. The monoisotopic (exact) mass is 346 g/mol. The molecule has 0 saturated carbocycles. The van der Waals surface area contributed by atoms with E-state index in [-0.39, 0.29) is 12.0 Å². The number of rotatable bonds is 4. The van der Waals surface area contributed by atoms with Crippen molar-refractivity contribution in [2.75, 3.05) is 32.1 Å². The van der Waals surface area contributed by atoms with E-state index in [0.29, 0.717) is 26.1 Å². The first-order valence-corrected chi connectivity index (χ1v) is 8.85. The Morgan fingerprint density at radius 2 is 2.25 bits per heavy atom. The van der Waals surface area contributed by atoms with Gasteiger partial charge in [0.05, 0.1) is 36.0 Å². The number of carbonyl (C=O) groups excluding carboxylic acids is 1. The number of amides is 1. The predicted octanol–water partition coefficient (Wildman–Crippen LogP) is 2.34. The van der Waals surface area contributed by atoms with Gasteiger partial charge in [0.2, 0.25) is 5.91 Å². The number of thiazole rings is 1. The number of morpholine rings is 1. The Bertz CT molecular complexity index is 731. The van der Waals surface area contributed by atoms with Gasteiger partial charge in [0.1, 0.15) is 11.9 Å². The summed E-state index contributed by atoms with van der Waals surface area (Å²) in [5.74, 6) is 0.926. The van der Waals surface area contributed by atoms with E-state index in [2.05, 4.69) is 15.3 Å². The van der Waals surface area contributed by atoms with Crippen LogP contribution in [0.25, 0.3) is 0 Å². The number of aromatic nitrogens is 2. The topological polar surface area (TPSA) is 67.4 Å². The molecular weight excluding hydrogens is 324 g/mol. The van der Waals surface area contributed by atoms with Gasteiger partial charge in [0.25, 0.3) is 0 Å². The molecule has 0 aliphatic carbocycles. The van der Waals surface area contributed by atoms with E-state index in [4.69, 9.17) is 4.74 Å². The third-order valence-corrected chi connectivity index (χ3v) is 5.16. The molecule has 7 heteroatoms. The molecule has 1 atom stereocenters. The standard InChI is InChI=1S/C17H22N4O2S/c1-11-15(24-12(2)19-11)9-17(22)21-7-8-23-14(10-21)13-5-4-6-16(18-3)20-13/h4-6,14H,7-10H2,1-3H3,(H,18,20)/t14-/m1/s1. The minimum atomic E-state index is -0.180. The highest BCUT2D eigenvalue weighted by molar-refractivity contribution is 7.11. The summed E-state index contributed by atoms with van der Waals surface area (Å²) < 4.78 is 5.83. The quantitative estimate of drug-likeness (QED) is 0.920. The molecule has 1 saturated heterocycles. The summed E-state index contributed by atoms with van der Waals surface area (Å²) in [6.45, 7) is 5.62. The number of nitrogens with zero attached hydrogens (tertiary/aromatic N) is 3. The van der Waals surface area contributed by atoms with Crippen LogP contribution in [0, 0.1) is 13.8 Å². The van der Waals surface area contributed by atoms with Crippen LogP contribution in [0.1, 0.15) is 27.4 Å². The molecule has 1 amide bonds. The Morgan fingerprint density at radius 1 is 1.42 bits per heavy atom. The minimum absolute atomic E-state index is 0.125. The molecule has 3 heterocycles. The van der Waals surface area contributed by atoms with Gasteiger partial charge in [0, 0.05) is 18.5 Å². The van der Waals surface area contributed by atoms with Crippen molar-refractivity contribution in [2.24, 2.45) is 0 Å². The van der Waals surface area contributed by atoms with Crippen molar-refractivity contribution in [3.05, 3.63) is 39.5 Å². The first-order valence-electron chi connectivity index (χ1n) is 8.04. The molecule has 1 fully saturated rings. The molecule has 24 heavy (non-hydrogen) atoms. The number of hydrogen-bond donors (Lipinski definition) is 1. The molecule has 0 radical (unpaired) electrons. The van der Waals surface area contributed by atoms with Gasteiger partial charge in [-0.3, -0.25) is 4.79 Å². The van der Waals surface area contributed by atoms with Crippen LogP contribution in [-0.2, 0) is 16.0 Å². The predicted molar refractivity (Wildman–Crippen MR) is 94.3 cm³/mol. The van der Waals surface area contributed by atoms with Crippen LogP contribution in [0.3, 0.4) is 0 Å². The summed E-state index contributed by atoms with van der Waals surface area (Å²) in [5.41, 5.74) is 1.81. The normalized spacial score (nSPS) is 17.8. The molecule has 2 aromatic heterocycles. The van der Waals surface area contributed by atoms with Gasteiger partial charge >= 0.3 is 0 Å². The van der Waals surface area contributed by atoms with Crippen LogP contribution in [-0.4, -0.2) is 47.5 Å². The molecule has 1 aliphatic rings. The van der Waals surface area contributed by atoms with Crippen LogP contribution in [0.2, 0.25) is 0 Å². The van der Waals surface area contributed by atoms with Gasteiger partial charge in [-0.15, -0.1) is 11.3 Å². The Balaban J connectivity index is 1.68. The lowest BCUT2D eigenvalue weighted by atomic mass is 10.1. The summed E-state index contributed by atoms with van der Waals surface area (Å²) in [6, 6.07) is 5.79. The van der Waals surface area contributed by atoms with E-state index >= 15 is 0 Å². The zero-order chi connectivity index (χ0) is 17.1. The van der Waals surface area contributed by atoms with Crippen LogP contribution >= 0.6 is 11.3 Å². The van der Waals surface area contributed by atoms with Crippen molar-refractivity contribution in [1.29, 1.82) is 0 Å². The average molecular weight is 346 g/mol. The number of pyridine rings is 1. The van der Waals surface area contributed by atoms with Crippen molar-refractivity contribution in [3.63, 3.8) is 0 Å². The van der Waals surface area contributed by atoms with Gasteiger partial charge < -0.3 is 15.0 Å². The lowest BCUT2D eigenvalue weighted by molar-refractivity contribution is -0.138. The Hall–Kier alpha value is -1.99. The molecule has 0 bridgehead atoms. The van der Waals surface area contributed by atoms with Crippen molar-refractivity contribution in [3.8, 4) is 0 Å². The first-order chi connectivity index (χ1) is 11.6. The van der Waals surface area contributed by atoms with Gasteiger partial charge in [-0.2, -0.15) is 0 Å². The summed E-state index contributed by atoms with van der Waals surface area (Å²) in [7, 11) is 1.84. The third-order valence-electron chi connectivity index (χ3n) is 4.09. The van der Waals surface area contributed by atoms with E-state index in [1.165, 1.54) is 0 Å². The molecule has 2 aromatic rings. The summed E-state index contributed by atoms with van der Waals surface area (Å²) >= 11 is 1.60. The molecular formula is C17H22N4O2S. The highest BCUT2D eigenvalue weighted by Crippen LogP contribution is 2.24. The van der Waals surface area contributed by atoms with E-state index in [1.54, 1.807) is 11.3 Å². The number of nitrogens with one attached hydrogen (secondary N) is 1. The van der Waals surface area contributed by atoms with Gasteiger partial charge in [-0.25, -0.2) is 9.97 Å². The minimum Gasteiger partial charge on any atom is -0.373 e. The lowest BCUT2D eigenvalue weighted by Crippen LogP contribution is -2.43. The summed E-state index contributed by atoms with van der Waals surface area (Å²) in [6.07, 6.45) is 0.230. The average Bonchev–Trinajstić information content (AvgIpc) is 2.92. The number of aryl methyl sites for hydroxylation is 2. The van der Waals surface area contributed by atoms with Crippen molar-refractivity contribution in [2.45, 2.75) is 26.4 Å². The summed E-state index contributed by atoms with van der Waals surface area (Å²) in [4.78, 5) is 24.5. The van der Waals surface area contributed by atoms with Crippen molar-refractivity contribution >= 4 is 23.1 Å². The van der Waals surface area contributed by atoms with Crippen LogP contribution in [0.15, 0.2) is 18.2 Å². The first kappa shape index (κ1) is 16.9. The van der Waals surface area contributed by atoms with E-state index in [9.17, 15) is 4.79 Å². The fourth-order valence-corrected chi connectivity index (χ4v) is 3.74. The third kappa shape index (κ3) is 3.73. The fourth-order valence-electron chi connectivity index (χ4n) is 2.81. The van der Waals surface area contributed by atoms with Crippen molar-refractivity contribution in [1.82, 2.24) is 14.9 Å². The van der Waals surface area contributed by atoms with Crippen LogP contribution in [0.4, 0.5) is 5.82 Å². The molecule has 3 rings (SSSR count). The lowest BCUT2D eigenvalue weighted by Gasteiger charge is -2.32. The van der Waals surface area contributed by atoms with Crippen LogP contribution < -0.4 is 5.32 Å². The largest absolute Gasteiger partial charge is 0.373 e. The van der Waals surface area contributed by atoms with Gasteiger partial charge in [-0.1, -0.05) is 6.07 Å². The molecule has 1 N–H and O–H groups in total. The zero-order valence-electron chi connectivity index (χ0n) is 14.2. The second-order valence-corrected chi connectivity index (χ2v) is 7.10. The Labute approximate surface area is 145 Å². The molecule has 6 nitrogen and oxygen atoms in total. The maximum absolute atomic E-state index is 12.6. The van der Waals surface area contributed by atoms with E-state index in [0.717, 1.165) is 27.1 Å². The zero-order valence-corrected chi connectivity index (χ0v) is 15.0. The fraction of sp³-hybridized carbons (Fsp3) is 0.471. The number of hydrogen-bond acceptors (Lipinski definition) is 6. The molecule has 1 aliphatic heterocycles. The SMILES string of the molecule is CNc1cccc([C@H]2CN(C(=O)Cc3sc(C)nc3C)CCO2)n1. The molecule has 0 spiro atoms. The second kappa shape index (κ2) is 7.27. The second-order valence-electron chi connectivity index (χ2n) is 5.82. The smallest absolute Gasteiger partial charge is 0.228 e. The molecule has 0 aromatic carbocycles. The van der Waals surface area contributed by atoms with E-state index in [1.807, 2.05) is 44.0 Å². The van der Waals surface area contributed by atoms with Crippen molar-refractivity contribution < 1.29 is 9.53 Å². The highest BCUT2D eigenvalue weighted by atomic mass is 32.1. The number of ether oxygens (including phenoxy) is 1. The maximum Gasteiger partial charge on any atom is 0.228 e. The van der Waals surface area contributed by atoms with Crippen LogP contribution in [0.5, 0.6) is 0 Å². The molecule has 128 valence electrons. The molecule has 0 unspecified atom stereocenters. The number of anilines is 1. The summed E-state index contributed by atoms with van der Waals surface area (Å²) in [5, 5.41) is 4.03. The van der Waals surface area contributed by atoms with Gasteiger partial charge in [-0.05, 0) is 26.0 Å². The maximum atomic E-state index is 12.6. The van der Waals surface area contributed by atoms with Gasteiger partial charge in [0.15, 0.2) is 0 Å².